The van der Waals surface area contributed by atoms with E-state index < -0.39 is 0 Å². The molecule has 1 aliphatic rings. The molecule has 1 heterocycles. The van der Waals surface area contributed by atoms with Crippen molar-refractivity contribution in [3.05, 3.63) is 77.9 Å². The van der Waals surface area contributed by atoms with E-state index >= 15 is 0 Å². The van der Waals surface area contributed by atoms with Gasteiger partial charge in [-0.2, -0.15) is 0 Å². The largest absolute Gasteiger partial charge is 0.396 e. The number of amides is 1. The summed E-state index contributed by atoms with van der Waals surface area (Å²) in [7, 11) is 0. The molecule has 1 aliphatic heterocycles. The van der Waals surface area contributed by atoms with Crippen LogP contribution in [-0.4, -0.2) is 37.3 Å². The molecule has 0 unspecified atom stereocenters. The van der Waals surface area contributed by atoms with Crippen molar-refractivity contribution in [1.29, 1.82) is 0 Å². The molecule has 1 amide bonds. The summed E-state index contributed by atoms with van der Waals surface area (Å²) < 4.78 is 0. The zero-order valence-corrected chi connectivity index (χ0v) is 18.3. The fourth-order valence-electron chi connectivity index (χ4n) is 4.77. The molecule has 0 aromatic heterocycles. The molecule has 0 spiro atoms. The predicted octanol–water partition coefficient (Wildman–Crippen LogP) is 4.97. The van der Waals surface area contributed by atoms with Crippen molar-refractivity contribution in [2.75, 3.05) is 31.1 Å². The summed E-state index contributed by atoms with van der Waals surface area (Å²) >= 11 is 0. The minimum atomic E-state index is -0.0804. The summed E-state index contributed by atoms with van der Waals surface area (Å²) in [6.07, 6.45) is 2.98. The smallest absolute Gasteiger partial charge is 0.251 e. The van der Waals surface area contributed by atoms with Gasteiger partial charge >= 0.3 is 0 Å². The molecule has 4 nitrogen and oxygen atoms in total. The second kappa shape index (κ2) is 9.97. The summed E-state index contributed by atoms with van der Waals surface area (Å²) in [6, 6.07) is 23.2. The van der Waals surface area contributed by atoms with E-state index in [0.29, 0.717) is 30.4 Å². The number of hydrogen-bond donors (Lipinski definition) is 2. The highest BCUT2D eigenvalue weighted by Crippen LogP contribution is 2.34. The number of aliphatic hydroxyl groups excluding tert-OH is 1. The molecular formula is C27H32N2O2. The lowest BCUT2D eigenvalue weighted by Gasteiger charge is -2.21. The third-order valence-corrected chi connectivity index (χ3v) is 6.44. The molecule has 1 saturated heterocycles. The van der Waals surface area contributed by atoms with Crippen LogP contribution >= 0.6 is 0 Å². The van der Waals surface area contributed by atoms with Crippen molar-refractivity contribution in [3.8, 4) is 0 Å². The van der Waals surface area contributed by atoms with Crippen LogP contribution in [0.3, 0.4) is 0 Å². The Hall–Kier alpha value is -2.85. The number of carbonyl (C=O) groups is 1. The quantitative estimate of drug-likeness (QED) is 0.510. The number of fused-ring (bicyclic) bond motifs is 1. The Balaban J connectivity index is 1.35. The standard InChI is InChI=1S/C27H32N2O2/c1-20(25-9-4-7-22-6-2-3-8-26(22)25)18-21-14-16-29(19-21)24-12-10-23(11-13-24)27(31)28-15-5-17-30/h2-4,6-13,20-21,30H,5,14-19H2,1H3,(H,28,31)/t20-,21+/m0/s1. The van der Waals surface area contributed by atoms with E-state index in [4.69, 9.17) is 5.11 Å². The van der Waals surface area contributed by atoms with Crippen LogP contribution in [0.2, 0.25) is 0 Å². The Morgan fingerprint density at radius 3 is 2.68 bits per heavy atom. The summed E-state index contributed by atoms with van der Waals surface area (Å²) in [6.45, 7) is 5.08. The van der Waals surface area contributed by atoms with Crippen LogP contribution in [0, 0.1) is 5.92 Å². The van der Waals surface area contributed by atoms with Gasteiger partial charge in [-0.25, -0.2) is 0 Å². The van der Waals surface area contributed by atoms with E-state index in [1.165, 1.54) is 34.9 Å². The number of anilines is 1. The van der Waals surface area contributed by atoms with Gasteiger partial charge in [0.1, 0.15) is 0 Å². The van der Waals surface area contributed by atoms with Crippen LogP contribution in [-0.2, 0) is 0 Å². The van der Waals surface area contributed by atoms with E-state index in [0.717, 1.165) is 13.1 Å². The van der Waals surface area contributed by atoms with E-state index in [1.807, 2.05) is 12.1 Å². The van der Waals surface area contributed by atoms with Gasteiger partial charge in [0.25, 0.3) is 5.91 Å². The highest BCUT2D eigenvalue weighted by Gasteiger charge is 2.25. The van der Waals surface area contributed by atoms with Gasteiger partial charge < -0.3 is 15.3 Å². The lowest BCUT2D eigenvalue weighted by molar-refractivity contribution is 0.0951. The van der Waals surface area contributed by atoms with Crippen molar-refractivity contribution >= 4 is 22.4 Å². The molecule has 162 valence electrons. The van der Waals surface area contributed by atoms with Gasteiger partial charge in [-0.15, -0.1) is 0 Å². The van der Waals surface area contributed by atoms with Crippen molar-refractivity contribution in [2.45, 2.75) is 32.1 Å². The van der Waals surface area contributed by atoms with Crippen molar-refractivity contribution in [3.63, 3.8) is 0 Å². The van der Waals surface area contributed by atoms with Gasteiger partial charge in [0.2, 0.25) is 0 Å². The van der Waals surface area contributed by atoms with Crippen molar-refractivity contribution in [1.82, 2.24) is 5.32 Å². The highest BCUT2D eigenvalue weighted by atomic mass is 16.3. The molecule has 4 heteroatoms. The van der Waals surface area contributed by atoms with E-state index in [-0.39, 0.29) is 12.5 Å². The number of carbonyl (C=O) groups excluding carboxylic acids is 1. The maximum Gasteiger partial charge on any atom is 0.251 e. The predicted molar refractivity (Wildman–Crippen MR) is 128 cm³/mol. The Morgan fingerprint density at radius 1 is 1.10 bits per heavy atom. The van der Waals surface area contributed by atoms with Crippen LogP contribution in [0.1, 0.15) is 48.0 Å². The molecule has 0 bridgehead atoms. The summed E-state index contributed by atoms with van der Waals surface area (Å²) in [5.41, 5.74) is 3.31. The monoisotopic (exact) mass is 416 g/mol. The number of nitrogens with zero attached hydrogens (tertiary/aromatic N) is 1. The van der Waals surface area contributed by atoms with E-state index in [1.54, 1.807) is 0 Å². The topological polar surface area (TPSA) is 52.6 Å². The van der Waals surface area contributed by atoms with Gasteiger partial charge in [-0.1, -0.05) is 49.4 Å². The lowest BCUT2D eigenvalue weighted by atomic mass is 9.87. The van der Waals surface area contributed by atoms with Crippen LogP contribution in [0.5, 0.6) is 0 Å². The van der Waals surface area contributed by atoms with Gasteiger partial charge in [-0.05, 0) is 71.7 Å². The second-order valence-electron chi connectivity index (χ2n) is 8.69. The number of aliphatic hydroxyl groups is 1. The molecule has 3 aromatic rings. The minimum absolute atomic E-state index is 0.0804. The maximum absolute atomic E-state index is 12.1. The molecule has 1 fully saturated rings. The summed E-state index contributed by atoms with van der Waals surface area (Å²) in [4.78, 5) is 14.6. The Bertz CT molecular complexity index is 1010. The van der Waals surface area contributed by atoms with E-state index in [9.17, 15) is 4.79 Å². The van der Waals surface area contributed by atoms with Gasteiger partial charge in [-0.3, -0.25) is 4.79 Å². The summed E-state index contributed by atoms with van der Waals surface area (Å²) in [5, 5.41) is 14.4. The van der Waals surface area contributed by atoms with Crippen LogP contribution in [0.15, 0.2) is 66.7 Å². The number of rotatable bonds is 8. The molecule has 0 saturated carbocycles. The fraction of sp³-hybridized carbons (Fsp3) is 0.370. The SMILES string of the molecule is C[C@@H](C[C@H]1CCN(c2ccc(C(=O)NCCCO)cc2)C1)c1cccc2ccccc12. The molecule has 0 radical (unpaired) electrons. The van der Waals surface area contributed by atoms with E-state index in [2.05, 4.69) is 71.7 Å². The van der Waals surface area contributed by atoms with Crippen LogP contribution < -0.4 is 10.2 Å². The Morgan fingerprint density at radius 2 is 1.87 bits per heavy atom. The minimum Gasteiger partial charge on any atom is -0.396 e. The third-order valence-electron chi connectivity index (χ3n) is 6.44. The average molecular weight is 417 g/mol. The molecular weight excluding hydrogens is 384 g/mol. The average Bonchev–Trinajstić information content (AvgIpc) is 3.27. The van der Waals surface area contributed by atoms with Crippen molar-refractivity contribution < 1.29 is 9.90 Å². The van der Waals surface area contributed by atoms with Gasteiger partial charge in [0.15, 0.2) is 0 Å². The summed E-state index contributed by atoms with van der Waals surface area (Å²) in [5.74, 6) is 1.12. The van der Waals surface area contributed by atoms with Crippen LogP contribution in [0.4, 0.5) is 5.69 Å². The molecule has 31 heavy (non-hydrogen) atoms. The first-order valence-corrected chi connectivity index (χ1v) is 11.4. The van der Waals surface area contributed by atoms with Gasteiger partial charge in [0.05, 0.1) is 0 Å². The Kier molecular flexibility index (Phi) is 6.88. The molecule has 0 aliphatic carbocycles. The first-order valence-electron chi connectivity index (χ1n) is 11.4. The first-order chi connectivity index (χ1) is 15.2. The molecule has 2 atom stereocenters. The second-order valence-corrected chi connectivity index (χ2v) is 8.69. The third kappa shape index (κ3) is 5.08. The number of benzene rings is 3. The van der Waals surface area contributed by atoms with Crippen molar-refractivity contribution in [2.24, 2.45) is 5.92 Å². The number of hydrogen-bond acceptors (Lipinski definition) is 3. The highest BCUT2D eigenvalue weighted by molar-refractivity contribution is 5.94. The lowest BCUT2D eigenvalue weighted by Crippen LogP contribution is -2.25. The maximum atomic E-state index is 12.1. The Labute approximate surface area is 184 Å². The van der Waals surface area contributed by atoms with Crippen LogP contribution in [0.25, 0.3) is 10.8 Å². The zero-order valence-electron chi connectivity index (χ0n) is 18.3. The van der Waals surface area contributed by atoms with Gasteiger partial charge in [0, 0.05) is 37.5 Å². The normalized spacial score (nSPS) is 17.1. The fourth-order valence-corrected chi connectivity index (χ4v) is 4.77. The first kappa shape index (κ1) is 21.4. The molecule has 2 N–H and O–H groups in total. The zero-order chi connectivity index (χ0) is 21.6. The number of nitrogens with one attached hydrogen (secondary N) is 1. The molecule has 4 rings (SSSR count). The molecule has 3 aromatic carbocycles.